The predicted octanol–water partition coefficient (Wildman–Crippen LogP) is 3.69. The molecule has 0 aliphatic heterocycles. The van der Waals surface area contributed by atoms with Crippen LogP contribution in [-0.4, -0.2) is 18.0 Å². The number of nitrogens with two attached hydrogens (primary N) is 1. The Labute approximate surface area is 155 Å². The van der Waals surface area contributed by atoms with Crippen LogP contribution >= 0.6 is 15.9 Å². The van der Waals surface area contributed by atoms with Gasteiger partial charge in [-0.15, -0.1) is 0 Å². The van der Waals surface area contributed by atoms with Gasteiger partial charge in [0.15, 0.2) is 0 Å². The summed E-state index contributed by atoms with van der Waals surface area (Å²) < 4.78 is 38.8. The summed E-state index contributed by atoms with van der Waals surface area (Å²) in [6.45, 7) is 0. The number of hydrogen-bond acceptors (Lipinski definition) is 2. The highest BCUT2D eigenvalue weighted by Crippen LogP contribution is 2.36. The van der Waals surface area contributed by atoms with Crippen molar-refractivity contribution in [2.24, 2.45) is 5.73 Å². The first-order valence-corrected chi connectivity index (χ1v) is 8.23. The molecule has 0 fully saturated rings. The van der Waals surface area contributed by atoms with E-state index in [4.69, 9.17) is 5.73 Å². The van der Waals surface area contributed by atoms with Gasteiger partial charge in [-0.05, 0) is 23.8 Å². The number of hydrogen-bond donors (Lipinski definition) is 3. The lowest BCUT2D eigenvalue weighted by Crippen LogP contribution is -2.47. The predicted molar refractivity (Wildman–Crippen MR) is 94.4 cm³/mol. The van der Waals surface area contributed by atoms with Crippen LogP contribution < -0.4 is 16.4 Å². The molecule has 0 saturated heterocycles. The number of benzene rings is 2. The summed E-state index contributed by atoms with van der Waals surface area (Å²) in [6, 6.07) is 10.2. The number of carbonyl (C=O) groups is 2. The summed E-state index contributed by atoms with van der Waals surface area (Å²) in [7, 11) is 0. The molecule has 1 unspecified atom stereocenters. The average molecular weight is 430 g/mol. The standard InChI is InChI=1S/C17H15BrF3N3O2/c18-13-7-6-11(9-12(13)17(19,20)21)23-15(25)14(24-16(22)26)8-10-4-2-1-3-5-10/h1-7,9,14H,8H2,(H,23,25)(H3,22,24,26). The minimum Gasteiger partial charge on any atom is -0.352 e. The molecule has 0 aliphatic rings. The van der Waals surface area contributed by atoms with Gasteiger partial charge in [-0.25, -0.2) is 4.79 Å². The largest absolute Gasteiger partial charge is 0.417 e. The molecule has 0 spiro atoms. The first-order valence-electron chi connectivity index (χ1n) is 7.44. The number of primary amides is 1. The van der Waals surface area contributed by atoms with E-state index in [2.05, 4.69) is 26.6 Å². The minimum absolute atomic E-state index is 0.0464. The van der Waals surface area contributed by atoms with Crippen LogP contribution in [0.25, 0.3) is 0 Å². The third kappa shape index (κ3) is 5.48. The fourth-order valence-corrected chi connectivity index (χ4v) is 2.75. The van der Waals surface area contributed by atoms with E-state index < -0.39 is 29.7 Å². The Balaban J connectivity index is 2.20. The highest BCUT2D eigenvalue weighted by molar-refractivity contribution is 9.10. The average Bonchev–Trinajstić information content (AvgIpc) is 2.55. The lowest BCUT2D eigenvalue weighted by atomic mass is 10.1. The number of halogens is 4. The molecular weight excluding hydrogens is 415 g/mol. The molecule has 2 aromatic rings. The number of anilines is 1. The van der Waals surface area contributed by atoms with E-state index in [1.807, 2.05) is 0 Å². The Morgan fingerprint density at radius 3 is 2.35 bits per heavy atom. The molecule has 0 heterocycles. The Morgan fingerprint density at radius 2 is 1.77 bits per heavy atom. The van der Waals surface area contributed by atoms with E-state index in [0.29, 0.717) is 0 Å². The lowest BCUT2D eigenvalue weighted by molar-refractivity contribution is -0.138. The van der Waals surface area contributed by atoms with E-state index in [1.165, 1.54) is 12.1 Å². The second-order valence-corrected chi connectivity index (χ2v) is 6.29. The van der Waals surface area contributed by atoms with Crippen molar-refractivity contribution in [1.29, 1.82) is 0 Å². The molecule has 26 heavy (non-hydrogen) atoms. The van der Waals surface area contributed by atoms with Gasteiger partial charge in [0.1, 0.15) is 6.04 Å². The van der Waals surface area contributed by atoms with Crippen molar-refractivity contribution in [2.75, 3.05) is 5.32 Å². The van der Waals surface area contributed by atoms with Crippen LogP contribution in [0.4, 0.5) is 23.7 Å². The van der Waals surface area contributed by atoms with Gasteiger partial charge >= 0.3 is 12.2 Å². The fourth-order valence-electron chi connectivity index (χ4n) is 2.28. The van der Waals surface area contributed by atoms with Gasteiger partial charge in [0.05, 0.1) is 5.56 Å². The van der Waals surface area contributed by atoms with E-state index in [-0.39, 0.29) is 16.6 Å². The van der Waals surface area contributed by atoms with Crippen molar-refractivity contribution in [3.05, 3.63) is 64.1 Å². The van der Waals surface area contributed by atoms with Gasteiger partial charge in [-0.2, -0.15) is 13.2 Å². The second kappa shape index (κ2) is 8.22. The van der Waals surface area contributed by atoms with Gasteiger partial charge in [-0.1, -0.05) is 46.3 Å². The molecule has 5 nitrogen and oxygen atoms in total. The first-order chi connectivity index (χ1) is 12.2. The summed E-state index contributed by atoms with van der Waals surface area (Å²) >= 11 is 2.83. The van der Waals surface area contributed by atoms with Crippen LogP contribution in [0.5, 0.6) is 0 Å². The molecule has 0 radical (unpaired) electrons. The molecule has 2 aromatic carbocycles. The van der Waals surface area contributed by atoms with Gasteiger partial charge < -0.3 is 16.4 Å². The molecule has 9 heteroatoms. The minimum atomic E-state index is -4.57. The topological polar surface area (TPSA) is 84.2 Å². The van der Waals surface area contributed by atoms with Crippen molar-refractivity contribution < 1.29 is 22.8 Å². The number of urea groups is 1. The zero-order valence-corrected chi connectivity index (χ0v) is 14.9. The quantitative estimate of drug-likeness (QED) is 0.676. The van der Waals surface area contributed by atoms with Crippen LogP contribution in [0.2, 0.25) is 0 Å². The Kier molecular flexibility index (Phi) is 6.25. The van der Waals surface area contributed by atoms with Crippen molar-refractivity contribution >= 4 is 33.6 Å². The zero-order valence-electron chi connectivity index (χ0n) is 13.3. The lowest BCUT2D eigenvalue weighted by Gasteiger charge is -2.18. The third-order valence-electron chi connectivity index (χ3n) is 3.45. The number of alkyl halides is 3. The molecule has 3 amide bonds. The van der Waals surface area contributed by atoms with E-state index in [1.54, 1.807) is 30.3 Å². The van der Waals surface area contributed by atoms with Crippen LogP contribution in [0, 0.1) is 0 Å². The Hall–Kier alpha value is -2.55. The highest BCUT2D eigenvalue weighted by atomic mass is 79.9. The number of nitrogens with one attached hydrogen (secondary N) is 2. The highest BCUT2D eigenvalue weighted by Gasteiger charge is 2.33. The fraction of sp³-hybridized carbons (Fsp3) is 0.176. The van der Waals surface area contributed by atoms with Crippen molar-refractivity contribution in [3.63, 3.8) is 0 Å². The van der Waals surface area contributed by atoms with Gasteiger partial charge in [0, 0.05) is 16.6 Å². The summed E-state index contributed by atoms with van der Waals surface area (Å²) in [4.78, 5) is 23.6. The van der Waals surface area contributed by atoms with Crippen LogP contribution in [-0.2, 0) is 17.4 Å². The molecule has 2 rings (SSSR count). The second-order valence-electron chi connectivity index (χ2n) is 5.43. The molecule has 0 aromatic heterocycles. The molecule has 138 valence electrons. The van der Waals surface area contributed by atoms with Crippen molar-refractivity contribution in [1.82, 2.24) is 5.32 Å². The van der Waals surface area contributed by atoms with Crippen molar-refractivity contribution in [3.8, 4) is 0 Å². The molecule has 0 aliphatic carbocycles. The molecule has 0 bridgehead atoms. The number of rotatable bonds is 5. The van der Waals surface area contributed by atoms with Gasteiger partial charge in [0.25, 0.3) is 0 Å². The third-order valence-corrected chi connectivity index (χ3v) is 4.15. The number of amides is 3. The Morgan fingerprint density at radius 1 is 1.12 bits per heavy atom. The normalized spacial score (nSPS) is 12.3. The zero-order chi connectivity index (χ0) is 19.3. The van der Waals surface area contributed by atoms with Crippen LogP contribution in [0.15, 0.2) is 53.0 Å². The maximum atomic E-state index is 13.0. The molecule has 1 atom stereocenters. The summed E-state index contributed by atoms with van der Waals surface area (Å²) in [5, 5.41) is 4.68. The molecular formula is C17H15BrF3N3O2. The van der Waals surface area contributed by atoms with Gasteiger partial charge in [0.2, 0.25) is 5.91 Å². The maximum Gasteiger partial charge on any atom is 0.417 e. The monoisotopic (exact) mass is 429 g/mol. The molecule has 4 N–H and O–H groups in total. The van der Waals surface area contributed by atoms with E-state index >= 15 is 0 Å². The first kappa shape index (κ1) is 19.8. The smallest absolute Gasteiger partial charge is 0.352 e. The van der Waals surface area contributed by atoms with E-state index in [0.717, 1.165) is 11.6 Å². The Bertz CT molecular complexity index is 798. The number of carbonyl (C=O) groups excluding carboxylic acids is 2. The van der Waals surface area contributed by atoms with Crippen LogP contribution in [0.1, 0.15) is 11.1 Å². The summed E-state index contributed by atoms with van der Waals surface area (Å²) in [5.41, 5.74) is 4.89. The van der Waals surface area contributed by atoms with Crippen molar-refractivity contribution in [2.45, 2.75) is 18.6 Å². The van der Waals surface area contributed by atoms with Crippen LogP contribution in [0.3, 0.4) is 0 Å². The maximum absolute atomic E-state index is 13.0. The summed E-state index contributed by atoms with van der Waals surface area (Å²) in [6.07, 6.45) is -4.44. The molecule has 0 saturated carbocycles. The van der Waals surface area contributed by atoms with Gasteiger partial charge in [-0.3, -0.25) is 4.79 Å². The SMILES string of the molecule is NC(=O)NC(Cc1ccccc1)C(=O)Nc1ccc(Br)c(C(F)(F)F)c1. The van der Waals surface area contributed by atoms with E-state index in [9.17, 15) is 22.8 Å². The summed E-state index contributed by atoms with van der Waals surface area (Å²) in [5.74, 6) is -0.678.